The number of methoxy groups -OCH3 is 1. The van der Waals surface area contributed by atoms with Crippen LogP contribution in [0.1, 0.15) is 22.7 Å². The largest absolute Gasteiger partial charge is 0.383 e. The Balaban J connectivity index is 2.54. The second kappa shape index (κ2) is 6.65. The number of halogens is 1. The van der Waals surface area contributed by atoms with E-state index in [4.69, 9.17) is 9.26 Å². The van der Waals surface area contributed by atoms with E-state index >= 15 is 0 Å². The lowest BCUT2D eigenvalue weighted by Gasteiger charge is -2.15. The maximum absolute atomic E-state index is 11.7. The number of nitrogens with one attached hydrogen (secondary N) is 1. The van der Waals surface area contributed by atoms with Crippen LogP contribution in [0.2, 0.25) is 0 Å². The number of nitrogens with zero attached hydrogens (tertiary/aromatic N) is 1. The van der Waals surface area contributed by atoms with Crippen LogP contribution in [0.3, 0.4) is 0 Å². The molecule has 0 aliphatic heterocycles. The van der Waals surface area contributed by atoms with Gasteiger partial charge in [0, 0.05) is 18.5 Å². The van der Waals surface area contributed by atoms with Crippen LogP contribution in [0.5, 0.6) is 0 Å². The lowest BCUT2D eigenvalue weighted by Crippen LogP contribution is -2.38. The van der Waals surface area contributed by atoms with E-state index in [9.17, 15) is 4.79 Å². The van der Waals surface area contributed by atoms with Crippen LogP contribution < -0.4 is 5.32 Å². The third-order valence-corrected chi connectivity index (χ3v) is 2.48. The first kappa shape index (κ1) is 13.2. The van der Waals surface area contributed by atoms with E-state index < -0.39 is 0 Å². The predicted molar refractivity (Wildman–Crippen MR) is 62.8 cm³/mol. The lowest BCUT2D eigenvalue weighted by atomic mass is 10.2. The first-order valence-corrected chi connectivity index (χ1v) is 6.08. The van der Waals surface area contributed by atoms with Crippen LogP contribution in [0.15, 0.2) is 10.6 Å². The predicted octanol–water partition coefficient (Wildman–Crippen LogP) is 1.51. The summed E-state index contributed by atoms with van der Waals surface area (Å²) < 4.78 is 9.85. The molecule has 1 aromatic rings. The molecule has 0 aromatic carbocycles. The standard InChI is InChI=1S/C10H15BrN2O3/c1-7-5-9(13-16-7)10(14)12-8(3-4-11)6-15-2/h5,8H,3-4,6H2,1-2H3,(H,12,14). The molecule has 1 aromatic heterocycles. The molecule has 0 saturated carbocycles. The van der Waals surface area contributed by atoms with Gasteiger partial charge in [-0.1, -0.05) is 21.1 Å². The minimum absolute atomic E-state index is 0.0196. The zero-order valence-corrected chi connectivity index (χ0v) is 10.9. The highest BCUT2D eigenvalue weighted by Crippen LogP contribution is 2.03. The molecule has 1 unspecified atom stereocenters. The molecule has 1 heterocycles. The maximum Gasteiger partial charge on any atom is 0.273 e. The van der Waals surface area contributed by atoms with Crippen LogP contribution in [0.25, 0.3) is 0 Å². The Morgan fingerprint density at radius 3 is 3.00 bits per heavy atom. The fourth-order valence-electron chi connectivity index (χ4n) is 1.26. The molecular formula is C10H15BrN2O3. The topological polar surface area (TPSA) is 64.4 Å². The Labute approximate surface area is 103 Å². The van der Waals surface area contributed by atoms with Crippen molar-refractivity contribution in [3.63, 3.8) is 0 Å². The second-order valence-corrected chi connectivity index (χ2v) is 4.22. The van der Waals surface area contributed by atoms with E-state index in [0.717, 1.165) is 11.8 Å². The minimum atomic E-state index is -0.236. The molecule has 1 rings (SSSR count). The van der Waals surface area contributed by atoms with Gasteiger partial charge in [0.1, 0.15) is 5.76 Å². The van der Waals surface area contributed by atoms with Crippen molar-refractivity contribution in [1.29, 1.82) is 0 Å². The van der Waals surface area contributed by atoms with Crippen LogP contribution in [0, 0.1) is 6.92 Å². The van der Waals surface area contributed by atoms with E-state index in [1.807, 2.05) is 0 Å². The first-order valence-electron chi connectivity index (χ1n) is 4.96. The molecule has 0 aliphatic carbocycles. The highest BCUT2D eigenvalue weighted by Gasteiger charge is 2.15. The summed E-state index contributed by atoms with van der Waals surface area (Å²) in [6, 6.07) is 1.58. The fraction of sp³-hybridized carbons (Fsp3) is 0.600. The number of ether oxygens (including phenoxy) is 1. The number of carbonyl (C=O) groups excluding carboxylic acids is 1. The van der Waals surface area contributed by atoms with E-state index in [1.165, 1.54) is 0 Å². The Hall–Kier alpha value is -0.880. The van der Waals surface area contributed by atoms with Crippen LogP contribution in [-0.2, 0) is 4.74 Å². The second-order valence-electron chi connectivity index (χ2n) is 3.43. The minimum Gasteiger partial charge on any atom is -0.383 e. The molecule has 1 amide bonds. The van der Waals surface area contributed by atoms with Gasteiger partial charge in [0.15, 0.2) is 5.69 Å². The molecule has 0 spiro atoms. The number of carbonyl (C=O) groups is 1. The molecule has 0 radical (unpaired) electrons. The van der Waals surface area contributed by atoms with Gasteiger partial charge in [-0.05, 0) is 13.3 Å². The van der Waals surface area contributed by atoms with Gasteiger partial charge in [0.25, 0.3) is 5.91 Å². The van der Waals surface area contributed by atoms with E-state index in [0.29, 0.717) is 18.1 Å². The summed E-state index contributed by atoms with van der Waals surface area (Å²) in [5.74, 6) is 0.383. The summed E-state index contributed by atoms with van der Waals surface area (Å²) >= 11 is 3.33. The van der Waals surface area contributed by atoms with Gasteiger partial charge in [-0.15, -0.1) is 0 Å². The first-order chi connectivity index (χ1) is 7.67. The molecule has 0 bridgehead atoms. The zero-order chi connectivity index (χ0) is 12.0. The van der Waals surface area contributed by atoms with Crippen molar-refractivity contribution in [1.82, 2.24) is 10.5 Å². The Bertz CT molecular complexity index is 335. The van der Waals surface area contributed by atoms with Crippen LogP contribution in [0.4, 0.5) is 0 Å². The van der Waals surface area contributed by atoms with Crippen molar-refractivity contribution in [2.24, 2.45) is 0 Å². The molecule has 0 saturated heterocycles. The number of aryl methyl sites for hydroxylation is 1. The van der Waals surface area contributed by atoms with Crippen LogP contribution >= 0.6 is 15.9 Å². The number of rotatable bonds is 6. The molecule has 0 aliphatic rings. The van der Waals surface area contributed by atoms with E-state index in [2.05, 4.69) is 26.4 Å². The van der Waals surface area contributed by atoms with Crippen molar-refractivity contribution in [2.75, 3.05) is 19.0 Å². The Kier molecular flexibility index (Phi) is 5.48. The van der Waals surface area contributed by atoms with Gasteiger partial charge in [0.2, 0.25) is 0 Å². The molecule has 1 atom stereocenters. The molecular weight excluding hydrogens is 276 g/mol. The molecule has 16 heavy (non-hydrogen) atoms. The quantitative estimate of drug-likeness (QED) is 0.807. The maximum atomic E-state index is 11.7. The summed E-state index contributed by atoms with van der Waals surface area (Å²) in [7, 11) is 1.60. The van der Waals surface area contributed by atoms with Crippen molar-refractivity contribution in [2.45, 2.75) is 19.4 Å². The average Bonchev–Trinajstić information content (AvgIpc) is 2.65. The zero-order valence-electron chi connectivity index (χ0n) is 9.33. The number of hydrogen-bond donors (Lipinski definition) is 1. The number of amides is 1. The van der Waals surface area contributed by atoms with Crippen molar-refractivity contribution in [3.8, 4) is 0 Å². The lowest BCUT2D eigenvalue weighted by molar-refractivity contribution is 0.0886. The Morgan fingerprint density at radius 1 is 1.75 bits per heavy atom. The van der Waals surface area contributed by atoms with E-state index in [1.54, 1.807) is 20.1 Å². The van der Waals surface area contributed by atoms with Gasteiger partial charge < -0.3 is 14.6 Å². The fourth-order valence-corrected chi connectivity index (χ4v) is 1.82. The van der Waals surface area contributed by atoms with Gasteiger partial charge in [-0.3, -0.25) is 4.79 Å². The SMILES string of the molecule is COCC(CCBr)NC(=O)c1cc(C)on1. The Morgan fingerprint density at radius 2 is 2.50 bits per heavy atom. The van der Waals surface area contributed by atoms with Crippen molar-refractivity contribution in [3.05, 3.63) is 17.5 Å². The van der Waals surface area contributed by atoms with Gasteiger partial charge in [-0.2, -0.15) is 0 Å². The normalized spacial score (nSPS) is 12.4. The molecule has 1 N–H and O–H groups in total. The van der Waals surface area contributed by atoms with Crippen molar-refractivity contribution >= 4 is 21.8 Å². The van der Waals surface area contributed by atoms with Gasteiger partial charge in [0.05, 0.1) is 12.6 Å². The molecule has 0 fully saturated rings. The molecule has 5 nitrogen and oxygen atoms in total. The number of aromatic nitrogens is 1. The third kappa shape index (κ3) is 3.94. The van der Waals surface area contributed by atoms with Gasteiger partial charge in [-0.25, -0.2) is 0 Å². The van der Waals surface area contributed by atoms with Gasteiger partial charge >= 0.3 is 0 Å². The summed E-state index contributed by atoms with van der Waals surface area (Å²) in [5.41, 5.74) is 0.299. The summed E-state index contributed by atoms with van der Waals surface area (Å²) in [5, 5.41) is 7.29. The summed E-state index contributed by atoms with van der Waals surface area (Å²) in [6.07, 6.45) is 0.802. The van der Waals surface area contributed by atoms with E-state index in [-0.39, 0.29) is 11.9 Å². The number of alkyl halides is 1. The molecule has 90 valence electrons. The third-order valence-electron chi connectivity index (χ3n) is 2.02. The summed E-state index contributed by atoms with van der Waals surface area (Å²) in [4.78, 5) is 11.7. The monoisotopic (exact) mass is 290 g/mol. The average molecular weight is 291 g/mol. The van der Waals surface area contributed by atoms with Crippen molar-refractivity contribution < 1.29 is 14.1 Å². The molecule has 6 heteroatoms. The van der Waals surface area contributed by atoms with Crippen LogP contribution in [-0.4, -0.2) is 36.2 Å². The highest BCUT2D eigenvalue weighted by atomic mass is 79.9. The number of hydrogen-bond acceptors (Lipinski definition) is 4. The smallest absolute Gasteiger partial charge is 0.273 e. The highest BCUT2D eigenvalue weighted by molar-refractivity contribution is 9.09. The summed E-state index contributed by atoms with van der Waals surface area (Å²) in [6.45, 7) is 2.23.